The van der Waals surface area contributed by atoms with Gasteiger partial charge in [-0.1, -0.05) is 0 Å². The Kier molecular flexibility index (Phi) is 6.01. The van der Waals surface area contributed by atoms with E-state index in [1.807, 2.05) is 0 Å². The average Bonchev–Trinajstić information content (AvgIpc) is 3.00. The Balaban J connectivity index is 1.98. The number of Topliss-reactive ketones (excluding diaryl/α,β-unsaturated/α-hetero) is 1. The summed E-state index contributed by atoms with van der Waals surface area (Å²) in [6.45, 7) is 0. The number of nitrogens with zero attached hydrogens (tertiary/aromatic N) is 3. The highest BCUT2D eigenvalue weighted by Crippen LogP contribution is 2.36. The van der Waals surface area contributed by atoms with E-state index >= 15 is 0 Å². The van der Waals surface area contributed by atoms with Crippen LogP contribution in [0.15, 0.2) is 36.4 Å². The van der Waals surface area contributed by atoms with Crippen LogP contribution >= 0.6 is 0 Å². The van der Waals surface area contributed by atoms with E-state index in [2.05, 4.69) is 5.32 Å². The number of ketones is 1. The molecule has 1 N–H and O–H groups in total. The van der Waals surface area contributed by atoms with Gasteiger partial charge in [0.2, 0.25) is 11.7 Å². The molecule has 3 rings (SSSR count). The zero-order chi connectivity index (χ0) is 24.4. The standard InChI is InChI=1S/C19H14N4O10/c1-32-13-5-3-9(22(28)29)7-11(13)20-17(25)15-16(24)19(27)21(18(15)26)12-8-10(23(30)31)4-6-14(12)33-2/h3-8,15H,1-2H3,(H,20,25)/t15-/m1/s1. The summed E-state index contributed by atoms with van der Waals surface area (Å²) in [6.07, 6.45) is 0. The van der Waals surface area contributed by atoms with E-state index in [-0.39, 0.29) is 17.2 Å². The van der Waals surface area contributed by atoms with Crippen LogP contribution in [0.2, 0.25) is 0 Å². The lowest BCUT2D eigenvalue weighted by Crippen LogP contribution is -2.35. The summed E-state index contributed by atoms with van der Waals surface area (Å²) in [5, 5.41) is 24.3. The van der Waals surface area contributed by atoms with Crippen molar-refractivity contribution in [1.82, 2.24) is 0 Å². The van der Waals surface area contributed by atoms with Crippen molar-refractivity contribution in [2.24, 2.45) is 5.92 Å². The molecule has 1 heterocycles. The van der Waals surface area contributed by atoms with Crippen LogP contribution in [0.4, 0.5) is 22.7 Å². The number of carbonyl (C=O) groups excluding carboxylic acids is 4. The minimum Gasteiger partial charge on any atom is -0.495 e. The third-order valence-corrected chi connectivity index (χ3v) is 4.67. The Bertz CT molecular complexity index is 1230. The third-order valence-electron chi connectivity index (χ3n) is 4.67. The van der Waals surface area contributed by atoms with Gasteiger partial charge in [0.25, 0.3) is 17.3 Å². The van der Waals surface area contributed by atoms with Crippen LogP contribution in [-0.2, 0) is 19.2 Å². The Morgan fingerprint density at radius 3 is 2.03 bits per heavy atom. The SMILES string of the molecule is COc1ccc([N+](=O)[O-])cc1NC(=O)[C@H]1C(=O)C(=O)N(c2cc([N+](=O)[O-])ccc2OC)C1=O. The number of nitrogens with one attached hydrogen (secondary N) is 1. The van der Waals surface area contributed by atoms with Crippen LogP contribution in [0.5, 0.6) is 11.5 Å². The third kappa shape index (κ3) is 4.04. The number of imide groups is 1. The highest BCUT2D eigenvalue weighted by atomic mass is 16.6. The number of nitro groups is 2. The number of hydrogen-bond donors (Lipinski definition) is 1. The number of amides is 3. The molecule has 1 saturated heterocycles. The molecule has 0 aliphatic carbocycles. The molecular weight excluding hydrogens is 444 g/mol. The Hall–Kier alpha value is -4.88. The predicted molar refractivity (Wildman–Crippen MR) is 109 cm³/mol. The monoisotopic (exact) mass is 458 g/mol. The second-order valence-corrected chi connectivity index (χ2v) is 6.52. The van der Waals surface area contributed by atoms with Crippen molar-refractivity contribution in [2.45, 2.75) is 0 Å². The molecule has 0 saturated carbocycles. The van der Waals surface area contributed by atoms with Crippen LogP contribution < -0.4 is 19.7 Å². The Morgan fingerprint density at radius 1 is 0.939 bits per heavy atom. The minimum atomic E-state index is -2.13. The molecule has 0 radical (unpaired) electrons. The molecular formula is C19H14N4O10. The maximum absolute atomic E-state index is 12.9. The Morgan fingerprint density at radius 2 is 1.48 bits per heavy atom. The molecule has 3 amide bonds. The van der Waals surface area contributed by atoms with E-state index in [0.29, 0.717) is 4.90 Å². The fourth-order valence-electron chi connectivity index (χ4n) is 3.11. The van der Waals surface area contributed by atoms with Gasteiger partial charge in [-0.05, 0) is 12.1 Å². The van der Waals surface area contributed by atoms with Crippen LogP contribution in [0.1, 0.15) is 0 Å². The number of anilines is 2. The van der Waals surface area contributed by atoms with Gasteiger partial charge in [-0.25, -0.2) is 4.90 Å². The molecule has 2 aromatic carbocycles. The lowest BCUT2D eigenvalue weighted by atomic mass is 10.1. The summed E-state index contributed by atoms with van der Waals surface area (Å²) >= 11 is 0. The maximum Gasteiger partial charge on any atom is 0.302 e. The molecule has 0 spiro atoms. The molecule has 1 fully saturated rings. The van der Waals surface area contributed by atoms with Gasteiger partial charge in [0.05, 0.1) is 29.8 Å². The van der Waals surface area contributed by atoms with Crippen molar-refractivity contribution < 1.29 is 38.5 Å². The summed E-state index contributed by atoms with van der Waals surface area (Å²) in [7, 11) is 2.40. The van der Waals surface area contributed by atoms with Gasteiger partial charge in [0, 0.05) is 24.3 Å². The zero-order valence-corrected chi connectivity index (χ0v) is 17.0. The number of hydrogen-bond acceptors (Lipinski definition) is 10. The molecule has 170 valence electrons. The first-order chi connectivity index (χ1) is 15.6. The van der Waals surface area contributed by atoms with E-state index in [1.165, 1.54) is 20.3 Å². The van der Waals surface area contributed by atoms with Crippen molar-refractivity contribution in [1.29, 1.82) is 0 Å². The van der Waals surface area contributed by atoms with Crippen LogP contribution in [0.3, 0.4) is 0 Å². The summed E-state index contributed by atoms with van der Waals surface area (Å²) in [6, 6.07) is 6.29. The largest absolute Gasteiger partial charge is 0.495 e. The summed E-state index contributed by atoms with van der Waals surface area (Å²) < 4.78 is 10.0. The second kappa shape index (κ2) is 8.70. The number of benzene rings is 2. The molecule has 0 aromatic heterocycles. The molecule has 1 atom stereocenters. The molecule has 2 aromatic rings. The van der Waals surface area contributed by atoms with E-state index in [1.54, 1.807) is 0 Å². The predicted octanol–water partition coefficient (Wildman–Crippen LogP) is 1.22. The molecule has 0 unspecified atom stereocenters. The lowest BCUT2D eigenvalue weighted by molar-refractivity contribution is -0.385. The van der Waals surface area contributed by atoms with Crippen LogP contribution in [-0.4, -0.2) is 47.6 Å². The maximum atomic E-state index is 12.9. The quantitative estimate of drug-likeness (QED) is 0.208. The van der Waals surface area contributed by atoms with Crippen molar-refractivity contribution in [3.8, 4) is 11.5 Å². The number of ether oxygens (including phenoxy) is 2. The number of rotatable bonds is 7. The Labute approximate surface area is 184 Å². The van der Waals surface area contributed by atoms with E-state index in [4.69, 9.17) is 9.47 Å². The molecule has 1 aliphatic rings. The molecule has 33 heavy (non-hydrogen) atoms. The smallest absolute Gasteiger partial charge is 0.302 e. The molecule has 14 heteroatoms. The first-order valence-electron chi connectivity index (χ1n) is 8.98. The average molecular weight is 458 g/mol. The first-order valence-corrected chi connectivity index (χ1v) is 8.98. The first kappa shape index (κ1) is 22.8. The van der Waals surface area contributed by atoms with E-state index < -0.39 is 56.3 Å². The van der Waals surface area contributed by atoms with Gasteiger partial charge in [-0.15, -0.1) is 0 Å². The summed E-state index contributed by atoms with van der Waals surface area (Å²) in [5.74, 6) is -7.58. The topological polar surface area (TPSA) is 188 Å². The van der Waals surface area contributed by atoms with E-state index in [0.717, 1.165) is 30.3 Å². The van der Waals surface area contributed by atoms with Crippen molar-refractivity contribution in [3.63, 3.8) is 0 Å². The van der Waals surface area contributed by atoms with Crippen molar-refractivity contribution in [3.05, 3.63) is 56.6 Å². The highest BCUT2D eigenvalue weighted by molar-refractivity contribution is 6.60. The zero-order valence-electron chi connectivity index (χ0n) is 17.0. The summed E-state index contributed by atoms with van der Waals surface area (Å²) in [5.41, 5.74) is -1.50. The van der Waals surface area contributed by atoms with Gasteiger partial charge in [-0.3, -0.25) is 39.4 Å². The molecule has 14 nitrogen and oxygen atoms in total. The highest BCUT2D eigenvalue weighted by Gasteiger charge is 2.52. The lowest BCUT2D eigenvalue weighted by Gasteiger charge is -2.17. The fraction of sp³-hybridized carbons (Fsp3) is 0.158. The van der Waals surface area contributed by atoms with Gasteiger partial charge >= 0.3 is 5.91 Å². The fourth-order valence-corrected chi connectivity index (χ4v) is 3.11. The van der Waals surface area contributed by atoms with Crippen molar-refractivity contribution in [2.75, 3.05) is 24.4 Å². The number of nitro benzene ring substituents is 2. The van der Waals surface area contributed by atoms with Crippen molar-refractivity contribution >= 4 is 46.3 Å². The van der Waals surface area contributed by atoms with E-state index in [9.17, 15) is 39.4 Å². The van der Waals surface area contributed by atoms with Gasteiger partial charge in [-0.2, -0.15) is 0 Å². The van der Waals surface area contributed by atoms with Crippen LogP contribution in [0, 0.1) is 26.1 Å². The molecule has 1 aliphatic heterocycles. The van der Waals surface area contributed by atoms with Gasteiger partial charge < -0.3 is 14.8 Å². The normalized spacial score (nSPS) is 15.4. The van der Waals surface area contributed by atoms with Gasteiger partial charge in [0.15, 0.2) is 5.92 Å². The number of carbonyl (C=O) groups is 4. The number of methoxy groups -OCH3 is 2. The number of non-ortho nitro benzene ring substituents is 2. The molecule has 0 bridgehead atoms. The van der Waals surface area contributed by atoms with Crippen LogP contribution in [0.25, 0.3) is 0 Å². The summed E-state index contributed by atoms with van der Waals surface area (Å²) in [4.78, 5) is 71.6. The second-order valence-electron chi connectivity index (χ2n) is 6.52. The van der Waals surface area contributed by atoms with Gasteiger partial charge in [0.1, 0.15) is 17.2 Å². The minimum absolute atomic E-state index is 0.00428.